The van der Waals surface area contributed by atoms with Crippen molar-refractivity contribution in [1.29, 1.82) is 0 Å². The third kappa shape index (κ3) is 3.54. The Bertz CT molecular complexity index is 1090. The zero-order valence-corrected chi connectivity index (χ0v) is 16.0. The van der Waals surface area contributed by atoms with E-state index in [0.29, 0.717) is 24.1 Å². The predicted molar refractivity (Wildman–Crippen MR) is 107 cm³/mol. The summed E-state index contributed by atoms with van der Waals surface area (Å²) in [5.74, 6) is 2.39. The lowest BCUT2D eigenvalue weighted by molar-refractivity contribution is -0.991. The van der Waals surface area contributed by atoms with Crippen LogP contribution in [0.2, 0.25) is 0 Å². The number of aromatic nitrogens is 1. The van der Waals surface area contributed by atoms with Gasteiger partial charge in [-0.05, 0) is 30.5 Å². The Balaban J connectivity index is 1.33. The zero-order valence-electron chi connectivity index (χ0n) is 16.0. The van der Waals surface area contributed by atoms with Crippen LogP contribution in [0, 0.1) is 11.1 Å². The molecule has 7 nitrogen and oxygen atoms in total. The van der Waals surface area contributed by atoms with E-state index in [0.717, 1.165) is 43.1 Å². The number of likely N-dealkylation sites (tertiary alicyclic amines) is 1. The Labute approximate surface area is 167 Å². The van der Waals surface area contributed by atoms with Crippen LogP contribution in [0.4, 0.5) is 5.69 Å². The number of pyridine rings is 1. The van der Waals surface area contributed by atoms with Gasteiger partial charge < -0.3 is 14.2 Å². The van der Waals surface area contributed by atoms with Gasteiger partial charge in [-0.3, -0.25) is 9.69 Å². The second-order valence-electron chi connectivity index (χ2n) is 8.04. The SMILES string of the molecule is O=c1cccc2n1C[C@H]1C[C@@H]2CN(Cc2ccc(-c3cccc([NH+]([O-])O)c3)o2)C1. The molecule has 0 aliphatic carbocycles. The molecule has 3 aromatic rings. The highest BCUT2D eigenvalue weighted by Gasteiger charge is 2.34. The molecule has 2 bridgehead atoms. The van der Waals surface area contributed by atoms with Gasteiger partial charge >= 0.3 is 0 Å². The van der Waals surface area contributed by atoms with Gasteiger partial charge in [0.1, 0.15) is 11.5 Å². The van der Waals surface area contributed by atoms with Crippen LogP contribution in [-0.2, 0) is 13.1 Å². The fourth-order valence-electron chi connectivity index (χ4n) is 4.77. The number of fused-ring (bicyclic) bond motifs is 4. The molecule has 2 aromatic heterocycles. The van der Waals surface area contributed by atoms with Crippen molar-refractivity contribution in [2.45, 2.75) is 25.4 Å². The van der Waals surface area contributed by atoms with Crippen LogP contribution in [0.25, 0.3) is 11.3 Å². The Morgan fingerprint density at radius 1 is 1.10 bits per heavy atom. The summed E-state index contributed by atoms with van der Waals surface area (Å²) in [5, 5.41) is 19.4. The minimum Gasteiger partial charge on any atom is -0.595 e. The Hall–Kier alpha value is -2.71. The first-order valence-electron chi connectivity index (χ1n) is 9.91. The molecule has 5 rings (SSSR count). The highest BCUT2D eigenvalue weighted by Crippen LogP contribution is 2.35. The molecule has 7 heteroatoms. The number of nitrogens with one attached hydrogen (secondary N) is 1. The Morgan fingerprint density at radius 3 is 2.83 bits per heavy atom. The van der Waals surface area contributed by atoms with Crippen LogP contribution < -0.4 is 10.8 Å². The summed E-state index contributed by atoms with van der Waals surface area (Å²) in [6.07, 6.45) is 1.13. The standard InChI is InChI=1S/C22H23N3O4/c26-22-6-2-5-20-17-9-15(12-24(20)22)11-23(13-17)14-19-7-8-21(29-19)16-3-1-4-18(10-16)25(27)28/h1-8,10,15,17,25,27H,9,11-14H2/t15-,17+/m0/s1. The van der Waals surface area contributed by atoms with Crippen molar-refractivity contribution in [3.05, 3.63) is 81.6 Å². The molecule has 1 aromatic carbocycles. The summed E-state index contributed by atoms with van der Waals surface area (Å²) in [4.78, 5) is 14.6. The zero-order chi connectivity index (χ0) is 20.0. The number of furan rings is 1. The molecule has 2 N–H and O–H groups in total. The second kappa shape index (κ2) is 7.27. The molecule has 0 radical (unpaired) electrons. The number of benzene rings is 1. The van der Waals surface area contributed by atoms with E-state index in [2.05, 4.69) is 11.0 Å². The van der Waals surface area contributed by atoms with E-state index in [1.54, 1.807) is 24.3 Å². The first-order chi connectivity index (χ1) is 14.1. The first kappa shape index (κ1) is 18.3. The highest BCUT2D eigenvalue weighted by atomic mass is 16.8. The summed E-state index contributed by atoms with van der Waals surface area (Å²) in [6.45, 7) is 3.35. The monoisotopic (exact) mass is 393 g/mol. The average molecular weight is 393 g/mol. The highest BCUT2D eigenvalue weighted by molar-refractivity contribution is 5.61. The lowest BCUT2D eigenvalue weighted by Crippen LogP contribution is -2.99. The normalized spacial score (nSPS) is 22.3. The minimum atomic E-state index is -0.946. The fourth-order valence-corrected chi connectivity index (χ4v) is 4.77. The fraction of sp³-hybridized carbons (Fsp3) is 0.318. The topological polar surface area (TPSA) is 86.1 Å². The van der Waals surface area contributed by atoms with Gasteiger partial charge in [0.25, 0.3) is 5.56 Å². The maximum atomic E-state index is 12.2. The van der Waals surface area contributed by atoms with Crippen molar-refractivity contribution in [3.63, 3.8) is 0 Å². The Kier molecular flexibility index (Phi) is 4.60. The van der Waals surface area contributed by atoms with Gasteiger partial charge in [0.15, 0.2) is 5.69 Å². The smallest absolute Gasteiger partial charge is 0.250 e. The van der Waals surface area contributed by atoms with Gasteiger partial charge in [-0.2, -0.15) is 5.23 Å². The average Bonchev–Trinajstić information content (AvgIpc) is 3.17. The lowest BCUT2D eigenvalue weighted by atomic mass is 9.83. The summed E-state index contributed by atoms with van der Waals surface area (Å²) in [6, 6.07) is 16.2. The molecule has 29 heavy (non-hydrogen) atoms. The van der Waals surface area contributed by atoms with E-state index in [4.69, 9.17) is 4.42 Å². The number of rotatable bonds is 4. The molecule has 1 fully saturated rings. The predicted octanol–water partition coefficient (Wildman–Crippen LogP) is 2.13. The molecule has 1 unspecified atom stereocenters. The molecule has 2 aliphatic rings. The minimum absolute atomic E-state index is 0.102. The number of nitrogens with zero attached hydrogens (tertiary/aromatic N) is 2. The van der Waals surface area contributed by atoms with Crippen LogP contribution >= 0.6 is 0 Å². The van der Waals surface area contributed by atoms with E-state index in [1.807, 2.05) is 28.8 Å². The third-order valence-electron chi connectivity index (χ3n) is 5.99. The van der Waals surface area contributed by atoms with Gasteiger partial charge in [-0.15, -0.1) is 0 Å². The number of hydrogen-bond donors (Lipinski definition) is 2. The maximum Gasteiger partial charge on any atom is 0.250 e. The molecular weight excluding hydrogens is 370 g/mol. The van der Waals surface area contributed by atoms with Crippen molar-refractivity contribution in [2.24, 2.45) is 5.92 Å². The summed E-state index contributed by atoms with van der Waals surface area (Å²) in [7, 11) is 0. The van der Waals surface area contributed by atoms with Crippen molar-refractivity contribution >= 4 is 5.69 Å². The van der Waals surface area contributed by atoms with Gasteiger partial charge in [-0.1, -0.05) is 18.2 Å². The van der Waals surface area contributed by atoms with Crippen LogP contribution in [-0.4, -0.2) is 27.8 Å². The molecule has 0 saturated carbocycles. The van der Waals surface area contributed by atoms with E-state index >= 15 is 0 Å². The lowest BCUT2D eigenvalue weighted by Gasteiger charge is -2.42. The van der Waals surface area contributed by atoms with Crippen molar-refractivity contribution in [2.75, 3.05) is 13.1 Å². The number of hydrogen-bond acceptors (Lipinski definition) is 5. The molecule has 1 saturated heterocycles. The third-order valence-corrected chi connectivity index (χ3v) is 5.99. The van der Waals surface area contributed by atoms with E-state index < -0.39 is 5.23 Å². The molecule has 0 amide bonds. The van der Waals surface area contributed by atoms with Gasteiger partial charge in [0.05, 0.1) is 6.54 Å². The second-order valence-corrected chi connectivity index (χ2v) is 8.04. The Morgan fingerprint density at radius 2 is 1.97 bits per heavy atom. The summed E-state index contributed by atoms with van der Waals surface area (Å²) in [5.41, 5.74) is 2.26. The van der Waals surface area contributed by atoms with Crippen LogP contribution in [0.1, 0.15) is 23.8 Å². The van der Waals surface area contributed by atoms with Crippen LogP contribution in [0.3, 0.4) is 0 Å². The van der Waals surface area contributed by atoms with Gasteiger partial charge in [0, 0.05) is 55.0 Å². The van der Waals surface area contributed by atoms with Crippen LogP contribution in [0.15, 0.2) is 63.8 Å². The molecule has 4 heterocycles. The molecule has 0 spiro atoms. The molecule has 150 valence electrons. The van der Waals surface area contributed by atoms with Crippen molar-refractivity contribution < 1.29 is 14.9 Å². The summed E-state index contributed by atoms with van der Waals surface area (Å²) >= 11 is 0. The van der Waals surface area contributed by atoms with E-state index in [9.17, 15) is 15.2 Å². The quantitative estimate of drug-likeness (QED) is 0.664. The van der Waals surface area contributed by atoms with Crippen molar-refractivity contribution in [1.82, 2.24) is 9.47 Å². The number of quaternary nitrogens is 1. The van der Waals surface area contributed by atoms with E-state index in [1.165, 1.54) is 0 Å². The maximum absolute atomic E-state index is 12.2. The molecule has 3 atom stereocenters. The van der Waals surface area contributed by atoms with E-state index in [-0.39, 0.29) is 11.2 Å². The molecule has 2 aliphatic heterocycles. The van der Waals surface area contributed by atoms with Crippen LogP contribution in [0.5, 0.6) is 0 Å². The summed E-state index contributed by atoms with van der Waals surface area (Å²) < 4.78 is 7.97. The first-order valence-corrected chi connectivity index (χ1v) is 9.91. The molecular formula is C22H23N3O4. The van der Waals surface area contributed by atoms with Crippen molar-refractivity contribution in [3.8, 4) is 11.3 Å². The number of piperidine rings is 1. The van der Waals surface area contributed by atoms with Gasteiger partial charge in [-0.25, -0.2) is 5.21 Å². The largest absolute Gasteiger partial charge is 0.595 e. The van der Waals surface area contributed by atoms with Gasteiger partial charge in [0.2, 0.25) is 0 Å².